The van der Waals surface area contributed by atoms with Gasteiger partial charge in [0.15, 0.2) is 0 Å². The van der Waals surface area contributed by atoms with Crippen molar-refractivity contribution < 1.29 is 27.6 Å². The van der Waals surface area contributed by atoms with E-state index in [4.69, 9.17) is 4.74 Å². The van der Waals surface area contributed by atoms with E-state index in [1.54, 1.807) is 25.0 Å². The standard InChI is InChI=1S/C20H21F3N2O4S/c1-4-24(13(2)14-6-5-7-16(10-14)29-3)19(26)12-30-18-9-8-15(20(21,22)23)11-17(18)25(27)28/h5-11,13H,4,12H2,1-3H3. The van der Waals surface area contributed by atoms with E-state index in [0.29, 0.717) is 18.4 Å². The van der Waals surface area contributed by atoms with Crippen LogP contribution < -0.4 is 4.74 Å². The van der Waals surface area contributed by atoms with Crippen LogP contribution in [-0.2, 0) is 11.0 Å². The zero-order valence-electron chi connectivity index (χ0n) is 16.6. The van der Waals surface area contributed by atoms with E-state index < -0.39 is 22.4 Å². The Morgan fingerprint density at radius 2 is 1.97 bits per heavy atom. The van der Waals surface area contributed by atoms with Gasteiger partial charge in [-0.2, -0.15) is 13.2 Å². The Hall–Kier alpha value is -2.75. The normalized spacial score (nSPS) is 12.3. The van der Waals surface area contributed by atoms with Crippen molar-refractivity contribution in [2.75, 3.05) is 19.4 Å². The number of nitro benzene ring substituents is 1. The summed E-state index contributed by atoms with van der Waals surface area (Å²) >= 11 is 0.842. The van der Waals surface area contributed by atoms with E-state index in [2.05, 4.69) is 0 Å². The molecule has 0 aromatic heterocycles. The molecule has 30 heavy (non-hydrogen) atoms. The second kappa shape index (κ2) is 9.84. The summed E-state index contributed by atoms with van der Waals surface area (Å²) in [5.74, 6) is 0.221. The van der Waals surface area contributed by atoms with E-state index >= 15 is 0 Å². The molecular formula is C20H21F3N2O4S. The summed E-state index contributed by atoms with van der Waals surface area (Å²) in [6, 6.07) is 9.28. The Kier molecular flexibility index (Phi) is 7.71. The van der Waals surface area contributed by atoms with E-state index in [9.17, 15) is 28.1 Å². The molecule has 1 amide bonds. The van der Waals surface area contributed by atoms with Gasteiger partial charge in [-0.05, 0) is 43.7 Å². The molecule has 0 spiro atoms. The number of nitrogens with zero attached hydrogens (tertiary/aromatic N) is 2. The van der Waals surface area contributed by atoms with Gasteiger partial charge in [-0.25, -0.2) is 0 Å². The van der Waals surface area contributed by atoms with Crippen molar-refractivity contribution in [3.8, 4) is 5.75 Å². The lowest BCUT2D eigenvalue weighted by Gasteiger charge is -2.28. The number of methoxy groups -OCH3 is 1. The van der Waals surface area contributed by atoms with Crippen molar-refractivity contribution in [3.63, 3.8) is 0 Å². The fourth-order valence-corrected chi connectivity index (χ4v) is 3.82. The zero-order chi connectivity index (χ0) is 22.5. The maximum atomic E-state index is 12.8. The first kappa shape index (κ1) is 23.5. The van der Waals surface area contributed by atoms with E-state index in [-0.39, 0.29) is 22.6 Å². The molecule has 0 aliphatic heterocycles. The summed E-state index contributed by atoms with van der Waals surface area (Å²) in [5.41, 5.74) is -0.923. The molecule has 1 atom stereocenters. The molecule has 0 aliphatic rings. The van der Waals surface area contributed by atoms with Gasteiger partial charge in [-0.1, -0.05) is 12.1 Å². The zero-order valence-corrected chi connectivity index (χ0v) is 17.4. The van der Waals surface area contributed by atoms with Crippen LogP contribution in [0.25, 0.3) is 0 Å². The summed E-state index contributed by atoms with van der Waals surface area (Å²) in [6.45, 7) is 4.05. The predicted molar refractivity (Wildman–Crippen MR) is 108 cm³/mol. The van der Waals surface area contributed by atoms with Crippen molar-refractivity contribution >= 4 is 23.4 Å². The molecule has 2 aromatic carbocycles. The van der Waals surface area contributed by atoms with Crippen molar-refractivity contribution in [1.82, 2.24) is 4.90 Å². The number of amides is 1. The highest BCUT2D eigenvalue weighted by atomic mass is 32.2. The lowest BCUT2D eigenvalue weighted by atomic mass is 10.1. The van der Waals surface area contributed by atoms with E-state index in [0.717, 1.165) is 29.5 Å². The van der Waals surface area contributed by atoms with Crippen molar-refractivity contribution in [3.05, 3.63) is 63.7 Å². The van der Waals surface area contributed by atoms with Crippen molar-refractivity contribution in [2.45, 2.75) is 31.0 Å². The first-order valence-corrected chi connectivity index (χ1v) is 9.98. The maximum absolute atomic E-state index is 12.8. The van der Waals surface area contributed by atoms with Gasteiger partial charge < -0.3 is 9.64 Å². The number of benzene rings is 2. The van der Waals surface area contributed by atoms with Gasteiger partial charge >= 0.3 is 6.18 Å². The Morgan fingerprint density at radius 1 is 1.27 bits per heavy atom. The van der Waals surface area contributed by atoms with Crippen molar-refractivity contribution in [2.24, 2.45) is 0 Å². The lowest BCUT2D eigenvalue weighted by molar-refractivity contribution is -0.388. The van der Waals surface area contributed by atoms with Crippen LogP contribution in [0.1, 0.15) is 31.0 Å². The molecule has 0 N–H and O–H groups in total. The van der Waals surface area contributed by atoms with Crippen LogP contribution in [0.15, 0.2) is 47.4 Å². The SMILES string of the molecule is CCN(C(=O)CSc1ccc(C(F)(F)F)cc1[N+](=O)[O-])C(C)c1cccc(OC)c1. The third-order valence-electron chi connectivity index (χ3n) is 4.54. The number of nitro groups is 1. The molecule has 6 nitrogen and oxygen atoms in total. The number of hydrogen-bond donors (Lipinski definition) is 0. The molecule has 0 bridgehead atoms. The van der Waals surface area contributed by atoms with Crippen molar-refractivity contribution in [1.29, 1.82) is 0 Å². The van der Waals surface area contributed by atoms with Crippen LogP contribution in [0, 0.1) is 10.1 Å². The lowest BCUT2D eigenvalue weighted by Crippen LogP contribution is -2.34. The second-order valence-corrected chi connectivity index (χ2v) is 7.38. The quantitative estimate of drug-likeness (QED) is 0.314. The molecule has 10 heteroatoms. The second-order valence-electron chi connectivity index (χ2n) is 6.36. The Bertz CT molecular complexity index is 921. The van der Waals surface area contributed by atoms with Crippen LogP contribution in [0.5, 0.6) is 5.75 Å². The van der Waals surface area contributed by atoms with Crippen LogP contribution in [0.3, 0.4) is 0 Å². The number of alkyl halides is 3. The average Bonchev–Trinajstić information content (AvgIpc) is 2.71. The van der Waals surface area contributed by atoms with Gasteiger partial charge in [0, 0.05) is 12.6 Å². The predicted octanol–water partition coefficient (Wildman–Crippen LogP) is 5.32. The highest BCUT2D eigenvalue weighted by Crippen LogP contribution is 2.37. The summed E-state index contributed by atoms with van der Waals surface area (Å²) in [7, 11) is 1.54. The minimum Gasteiger partial charge on any atom is -0.497 e. The monoisotopic (exact) mass is 442 g/mol. The Morgan fingerprint density at radius 3 is 2.53 bits per heavy atom. The molecule has 0 saturated carbocycles. The molecule has 162 valence electrons. The minimum atomic E-state index is -4.69. The first-order valence-electron chi connectivity index (χ1n) is 9.00. The van der Waals surface area contributed by atoms with Gasteiger partial charge in [0.1, 0.15) is 5.75 Å². The fourth-order valence-electron chi connectivity index (χ4n) is 2.93. The number of thioether (sulfide) groups is 1. The van der Waals surface area contributed by atoms with E-state index in [1.165, 1.54) is 0 Å². The summed E-state index contributed by atoms with van der Waals surface area (Å²) < 4.78 is 43.7. The summed E-state index contributed by atoms with van der Waals surface area (Å²) in [5, 5.41) is 11.2. The van der Waals surface area contributed by atoms with Crippen LogP contribution in [0.4, 0.5) is 18.9 Å². The van der Waals surface area contributed by atoms with Gasteiger partial charge in [-0.15, -0.1) is 11.8 Å². The minimum absolute atomic E-state index is 0.00596. The Balaban J connectivity index is 2.17. The average molecular weight is 442 g/mol. The molecule has 0 heterocycles. The molecule has 0 aliphatic carbocycles. The number of carbonyl (C=O) groups is 1. The fraction of sp³-hybridized carbons (Fsp3) is 0.350. The summed E-state index contributed by atoms with van der Waals surface area (Å²) in [4.78, 5) is 24.7. The first-order chi connectivity index (χ1) is 14.1. The molecule has 0 fully saturated rings. The highest BCUT2D eigenvalue weighted by Gasteiger charge is 2.33. The van der Waals surface area contributed by atoms with Crippen LogP contribution >= 0.6 is 11.8 Å². The molecule has 2 rings (SSSR count). The molecular weight excluding hydrogens is 421 g/mol. The van der Waals surface area contributed by atoms with Gasteiger partial charge in [0.05, 0.1) is 34.3 Å². The third kappa shape index (κ3) is 5.65. The van der Waals surface area contributed by atoms with Gasteiger partial charge in [0.2, 0.25) is 5.91 Å². The van der Waals surface area contributed by atoms with Crippen LogP contribution in [-0.4, -0.2) is 35.1 Å². The molecule has 1 unspecified atom stereocenters. The maximum Gasteiger partial charge on any atom is 0.416 e. The van der Waals surface area contributed by atoms with Gasteiger partial charge in [0.25, 0.3) is 5.69 Å². The number of rotatable bonds is 8. The molecule has 0 saturated heterocycles. The number of carbonyl (C=O) groups excluding carboxylic acids is 1. The third-order valence-corrected chi connectivity index (χ3v) is 5.59. The topological polar surface area (TPSA) is 72.7 Å². The summed E-state index contributed by atoms with van der Waals surface area (Å²) in [6.07, 6.45) is -4.69. The number of hydrogen-bond acceptors (Lipinski definition) is 5. The number of ether oxygens (including phenoxy) is 1. The Labute approximate surface area is 176 Å². The van der Waals surface area contributed by atoms with E-state index in [1.807, 2.05) is 25.1 Å². The van der Waals surface area contributed by atoms with Crippen LogP contribution in [0.2, 0.25) is 0 Å². The molecule has 2 aromatic rings. The smallest absolute Gasteiger partial charge is 0.416 e. The number of halogens is 3. The highest BCUT2D eigenvalue weighted by molar-refractivity contribution is 8.00. The largest absolute Gasteiger partial charge is 0.497 e. The van der Waals surface area contributed by atoms with Gasteiger partial charge in [-0.3, -0.25) is 14.9 Å². The molecule has 0 radical (unpaired) electrons.